The number of amides is 1. The molecule has 0 bridgehead atoms. The minimum Gasteiger partial charge on any atom is -0.481 e. The first kappa shape index (κ1) is 16.0. The van der Waals surface area contributed by atoms with Crippen LogP contribution in [0.25, 0.3) is 0 Å². The molecule has 1 aliphatic rings. The van der Waals surface area contributed by atoms with Crippen LogP contribution in [0.4, 0.5) is 0 Å². The third-order valence-corrected chi connectivity index (χ3v) is 3.61. The van der Waals surface area contributed by atoms with Crippen LogP contribution in [0.3, 0.4) is 0 Å². The van der Waals surface area contributed by atoms with Gasteiger partial charge in [0.15, 0.2) is 0 Å². The third kappa shape index (κ3) is 5.19. The number of carboxylic acid groups (broad SMARTS) is 1. The van der Waals surface area contributed by atoms with E-state index in [2.05, 4.69) is 5.32 Å². The first-order valence-electron chi connectivity index (χ1n) is 7.08. The molecule has 1 aliphatic carbocycles. The molecule has 5 nitrogen and oxygen atoms in total. The van der Waals surface area contributed by atoms with Gasteiger partial charge in [-0.2, -0.15) is 0 Å². The second kappa shape index (κ2) is 7.48. The molecule has 19 heavy (non-hydrogen) atoms. The molecule has 0 aliphatic heterocycles. The van der Waals surface area contributed by atoms with Gasteiger partial charge in [0, 0.05) is 19.6 Å². The number of carbonyl (C=O) groups is 2. The van der Waals surface area contributed by atoms with Crippen molar-refractivity contribution in [3.8, 4) is 0 Å². The van der Waals surface area contributed by atoms with Gasteiger partial charge in [-0.15, -0.1) is 0 Å². The van der Waals surface area contributed by atoms with E-state index in [1.54, 1.807) is 0 Å². The summed E-state index contributed by atoms with van der Waals surface area (Å²) in [5.41, 5.74) is -0.821. The molecular weight excluding hydrogens is 246 g/mol. The maximum absolute atomic E-state index is 11.8. The Labute approximate surface area is 114 Å². The zero-order valence-corrected chi connectivity index (χ0v) is 11.9. The lowest BCUT2D eigenvalue weighted by atomic mass is 9.82. The van der Waals surface area contributed by atoms with E-state index < -0.39 is 11.4 Å². The molecule has 0 saturated heterocycles. The molecule has 110 valence electrons. The van der Waals surface area contributed by atoms with E-state index in [0.29, 0.717) is 26.0 Å². The fraction of sp³-hybridized carbons (Fsp3) is 0.857. The Morgan fingerprint density at radius 2 is 1.95 bits per heavy atom. The van der Waals surface area contributed by atoms with Crippen molar-refractivity contribution in [1.82, 2.24) is 5.32 Å². The lowest BCUT2D eigenvalue weighted by Crippen LogP contribution is -2.36. The zero-order valence-electron chi connectivity index (χ0n) is 11.9. The molecule has 1 fully saturated rings. The fourth-order valence-corrected chi connectivity index (χ4v) is 2.51. The van der Waals surface area contributed by atoms with Crippen molar-refractivity contribution in [2.24, 2.45) is 5.41 Å². The Balaban J connectivity index is 2.24. The maximum atomic E-state index is 11.8. The molecule has 0 unspecified atom stereocenters. The van der Waals surface area contributed by atoms with Crippen LogP contribution in [0.5, 0.6) is 0 Å². The molecule has 0 radical (unpaired) electrons. The molecule has 1 rings (SSSR count). The van der Waals surface area contributed by atoms with Crippen molar-refractivity contribution in [2.75, 3.05) is 13.2 Å². The van der Waals surface area contributed by atoms with E-state index in [0.717, 1.165) is 19.3 Å². The largest absolute Gasteiger partial charge is 0.481 e. The normalized spacial score (nSPS) is 17.6. The van der Waals surface area contributed by atoms with E-state index in [-0.39, 0.29) is 18.4 Å². The Kier molecular flexibility index (Phi) is 6.28. The van der Waals surface area contributed by atoms with Gasteiger partial charge in [0.2, 0.25) is 5.91 Å². The molecule has 0 spiro atoms. The van der Waals surface area contributed by atoms with Gasteiger partial charge in [-0.05, 0) is 33.1 Å². The summed E-state index contributed by atoms with van der Waals surface area (Å²) in [6.45, 7) is 5.09. The number of ether oxygens (including phenoxy) is 1. The molecule has 0 aromatic carbocycles. The maximum Gasteiger partial charge on any atom is 0.310 e. The zero-order chi connectivity index (χ0) is 14.3. The summed E-state index contributed by atoms with van der Waals surface area (Å²) in [6, 6.07) is 0. The quantitative estimate of drug-likeness (QED) is 0.662. The number of aliphatic carboxylic acids is 1. The molecule has 1 amide bonds. The number of hydrogen-bond acceptors (Lipinski definition) is 3. The van der Waals surface area contributed by atoms with E-state index in [1.807, 2.05) is 13.8 Å². The van der Waals surface area contributed by atoms with Crippen molar-refractivity contribution in [2.45, 2.75) is 58.5 Å². The molecule has 1 saturated carbocycles. The molecule has 0 aromatic heterocycles. The van der Waals surface area contributed by atoms with Gasteiger partial charge in [0.1, 0.15) is 0 Å². The summed E-state index contributed by atoms with van der Waals surface area (Å²) < 4.78 is 5.37. The Hall–Kier alpha value is -1.10. The summed E-state index contributed by atoms with van der Waals surface area (Å²) >= 11 is 0. The minimum absolute atomic E-state index is 0.105. The number of rotatable bonds is 8. The Bertz CT molecular complexity index is 309. The highest BCUT2D eigenvalue weighted by atomic mass is 16.5. The van der Waals surface area contributed by atoms with Crippen LogP contribution in [-0.2, 0) is 14.3 Å². The average molecular weight is 271 g/mol. The number of carboxylic acids is 1. The van der Waals surface area contributed by atoms with Gasteiger partial charge >= 0.3 is 5.97 Å². The molecule has 0 atom stereocenters. The van der Waals surface area contributed by atoms with E-state index >= 15 is 0 Å². The molecule has 5 heteroatoms. The number of carbonyl (C=O) groups excluding carboxylic acids is 1. The lowest BCUT2D eigenvalue weighted by molar-refractivity contribution is -0.151. The molecule has 2 N–H and O–H groups in total. The monoisotopic (exact) mass is 271 g/mol. The second-order valence-corrected chi connectivity index (χ2v) is 5.59. The summed E-state index contributed by atoms with van der Waals surface area (Å²) in [5.74, 6) is -0.989. The van der Waals surface area contributed by atoms with E-state index in [9.17, 15) is 14.7 Å². The smallest absolute Gasteiger partial charge is 0.310 e. The summed E-state index contributed by atoms with van der Waals surface area (Å²) in [5, 5.41) is 12.1. The van der Waals surface area contributed by atoms with Gasteiger partial charge in [-0.1, -0.05) is 12.8 Å². The highest BCUT2D eigenvalue weighted by Gasteiger charge is 2.42. The van der Waals surface area contributed by atoms with Gasteiger partial charge in [0.05, 0.1) is 11.5 Å². The van der Waals surface area contributed by atoms with Crippen molar-refractivity contribution >= 4 is 11.9 Å². The van der Waals surface area contributed by atoms with Gasteiger partial charge in [-0.3, -0.25) is 9.59 Å². The Morgan fingerprint density at radius 3 is 2.47 bits per heavy atom. The summed E-state index contributed by atoms with van der Waals surface area (Å²) in [7, 11) is 0. The van der Waals surface area contributed by atoms with E-state index in [4.69, 9.17) is 4.74 Å². The Morgan fingerprint density at radius 1 is 1.32 bits per heavy atom. The van der Waals surface area contributed by atoms with Gasteiger partial charge < -0.3 is 15.2 Å². The third-order valence-electron chi connectivity index (χ3n) is 3.61. The standard InChI is InChI=1S/C14H25NO4/c1-11(2)19-9-5-8-15-12(16)10-14(13(17)18)6-3-4-7-14/h11H,3-10H2,1-2H3,(H,15,16)(H,17,18). The molecule has 0 aromatic rings. The predicted octanol–water partition coefficient (Wildman–Crippen LogP) is 1.95. The second-order valence-electron chi connectivity index (χ2n) is 5.59. The fourth-order valence-electron chi connectivity index (χ4n) is 2.51. The first-order valence-corrected chi connectivity index (χ1v) is 7.08. The highest BCUT2D eigenvalue weighted by Crippen LogP contribution is 2.41. The van der Waals surface area contributed by atoms with Crippen molar-refractivity contribution in [1.29, 1.82) is 0 Å². The lowest BCUT2D eigenvalue weighted by Gasteiger charge is -2.22. The van der Waals surface area contributed by atoms with E-state index in [1.165, 1.54) is 0 Å². The van der Waals surface area contributed by atoms with Crippen molar-refractivity contribution in [3.63, 3.8) is 0 Å². The van der Waals surface area contributed by atoms with Crippen LogP contribution < -0.4 is 5.32 Å². The highest BCUT2D eigenvalue weighted by molar-refractivity contribution is 5.85. The average Bonchev–Trinajstić information content (AvgIpc) is 2.78. The molecular formula is C14H25NO4. The van der Waals surface area contributed by atoms with Crippen LogP contribution in [-0.4, -0.2) is 36.2 Å². The van der Waals surface area contributed by atoms with Gasteiger partial charge in [0.25, 0.3) is 0 Å². The summed E-state index contributed by atoms with van der Waals surface area (Å²) in [6.07, 6.45) is 4.10. The SMILES string of the molecule is CC(C)OCCCNC(=O)CC1(C(=O)O)CCCC1. The summed E-state index contributed by atoms with van der Waals surface area (Å²) in [4.78, 5) is 23.1. The number of nitrogens with one attached hydrogen (secondary N) is 1. The topological polar surface area (TPSA) is 75.6 Å². The van der Waals surface area contributed by atoms with Crippen LogP contribution in [0.2, 0.25) is 0 Å². The van der Waals surface area contributed by atoms with Crippen LogP contribution >= 0.6 is 0 Å². The minimum atomic E-state index is -0.830. The molecule has 0 heterocycles. The predicted molar refractivity (Wildman–Crippen MR) is 71.9 cm³/mol. The van der Waals surface area contributed by atoms with Crippen LogP contribution in [0.1, 0.15) is 52.4 Å². The van der Waals surface area contributed by atoms with Crippen LogP contribution in [0, 0.1) is 5.41 Å². The van der Waals surface area contributed by atoms with Gasteiger partial charge in [-0.25, -0.2) is 0 Å². The van der Waals surface area contributed by atoms with Crippen molar-refractivity contribution < 1.29 is 19.4 Å². The van der Waals surface area contributed by atoms with Crippen molar-refractivity contribution in [3.05, 3.63) is 0 Å². The van der Waals surface area contributed by atoms with Crippen LogP contribution in [0.15, 0.2) is 0 Å². The first-order chi connectivity index (χ1) is 8.96. The number of hydrogen-bond donors (Lipinski definition) is 2.